The monoisotopic (exact) mass is 157 g/mol. The Labute approximate surface area is 69.1 Å². The van der Waals surface area contributed by atoms with Gasteiger partial charge >= 0.3 is 0 Å². The van der Waals surface area contributed by atoms with Crippen LogP contribution in [0.15, 0.2) is 30.7 Å². The van der Waals surface area contributed by atoms with Gasteiger partial charge in [0.25, 0.3) is 0 Å². The van der Waals surface area contributed by atoms with Crippen molar-refractivity contribution in [2.45, 2.75) is 0 Å². The smallest absolute Gasteiger partial charge is 0.235 e. The summed E-state index contributed by atoms with van der Waals surface area (Å²) in [5, 5.41) is 0.908. The topological polar surface area (TPSA) is 42.9 Å². The predicted octanol–water partition coefficient (Wildman–Crippen LogP) is 1.09. The van der Waals surface area contributed by atoms with Crippen LogP contribution in [0.3, 0.4) is 0 Å². The van der Waals surface area contributed by atoms with Gasteiger partial charge in [0.2, 0.25) is 6.29 Å². The van der Waals surface area contributed by atoms with Gasteiger partial charge in [-0.05, 0) is 12.1 Å². The molecule has 12 heavy (non-hydrogen) atoms. The van der Waals surface area contributed by atoms with E-state index in [0.717, 1.165) is 10.9 Å². The third-order valence-electron chi connectivity index (χ3n) is 1.60. The first kappa shape index (κ1) is 6.91. The van der Waals surface area contributed by atoms with Crippen molar-refractivity contribution in [1.29, 1.82) is 0 Å². The average molecular weight is 157 g/mol. The molecule has 2 aromatic heterocycles. The molecule has 0 aliphatic rings. The molecular formula is C9H5N2O. The van der Waals surface area contributed by atoms with Gasteiger partial charge in [0.15, 0.2) is 0 Å². The van der Waals surface area contributed by atoms with E-state index in [-0.39, 0.29) is 0 Å². The van der Waals surface area contributed by atoms with Crippen LogP contribution in [0.5, 0.6) is 0 Å². The average Bonchev–Trinajstić information content (AvgIpc) is 2.17. The van der Waals surface area contributed by atoms with Crippen molar-refractivity contribution in [3.05, 3.63) is 36.3 Å². The molecule has 2 heterocycles. The lowest BCUT2D eigenvalue weighted by molar-refractivity contribution is 0.562. The molecule has 0 saturated carbocycles. The highest BCUT2D eigenvalue weighted by atomic mass is 16.1. The van der Waals surface area contributed by atoms with Crippen LogP contribution in [0.2, 0.25) is 0 Å². The molecule has 2 aromatic rings. The Morgan fingerprint density at radius 2 is 2.25 bits per heavy atom. The first-order chi connectivity index (χ1) is 5.90. The zero-order chi connectivity index (χ0) is 8.39. The predicted molar refractivity (Wildman–Crippen MR) is 44.3 cm³/mol. The molecule has 3 nitrogen and oxygen atoms in total. The summed E-state index contributed by atoms with van der Waals surface area (Å²) in [6.45, 7) is 0. The molecule has 3 heteroatoms. The first-order valence-electron chi connectivity index (χ1n) is 3.48. The van der Waals surface area contributed by atoms with E-state index in [4.69, 9.17) is 0 Å². The summed E-state index contributed by atoms with van der Waals surface area (Å²) in [5.41, 5.74) is 1.25. The van der Waals surface area contributed by atoms with E-state index in [2.05, 4.69) is 9.97 Å². The minimum absolute atomic E-state index is 0.466. The molecule has 0 fully saturated rings. The molecule has 0 atom stereocenters. The number of pyridine rings is 2. The van der Waals surface area contributed by atoms with E-state index < -0.39 is 0 Å². The Morgan fingerprint density at radius 1 is 1.33 bits per heavy atom. The first-order valence-corrected chi connectivity index (χ1v) is 3.48. The minimum Gasteiger partial charge on any atom is -0.285 e. The quantitative estimate of drug-likeness (QED) is 0.622. The Balaban J connectivity index is 2.75. The van der Waals surface area contributed by atoms with Gasteiger partial charge in [-0.15, -0.1) is 0 Å². The summed E-state index contributed by atoms with van der Waals surface area (Å²) < 4.78 is 0. The van der Waals surface area contributed by atoms with Crippen molar-refractivity contribution < 1.29 is 4.79 Å². The highest BCUT2D eigenvalue weighted by molar-refractivity contribution is 5.85. The van der Waals surface area contributed by atoms with Gasteiger partial charge in [0, 0.05) is 23.3 Å². The zero-order valence-electron chi connectivity index (χ0n) is 6.19. The van der Waals surface area contributed by atoms with Gasteiger partial charge in [0.1, 0.15) is 0 Å². The van der Waals surface area contributed by atoms with E-state index in [1.165, 1.54) is 6.20 Å². The molecule has 0 saturated heterocycles. The van der Waals surface area contributed by atoms with Crippen molar-refractivity contribution in [3.63, 3.8) is 0 Å². The summed E-state index contributed by atoms with van der Waals surface area (Å²) >= 11 is 0. The van der Waals surface area contributed by atoms with Crippen molar-refractivity contribution in [1.82, 2.24) is 9.97 Å². The fourth-order valence-corrected chi connectivity index (χ4v) is 1.03. The summed E-state index contributed by atoms with van der Waals surface area (Å²) in [4.78, 5) is 18.2. The molecule has 0 bridgehead atoms. The number of fused-ring (bicyclic) bond motifs is 1. The molecule has 0 N–H and O–H groups in total. The maximum atomic E-state index is 10.3. The molecule has 1 radical (unpaired) electrons. The second kappa shape index (κ2) is 2.70. The van der Waals surface area contributed by atoms with E-state index in [1.807, 2.05) is 6.07 Å². The van der Waals surface area contributed by atoms with E-state index >= 15 is 0 Å². The molecular weight excluding hydrogens is 152 g/mol. The normalized spacial score (nSPS) is 10.0. The summed E-state index contributed by atoms with van der Waals surface area (Å²) in [7, 11) is 0. The zero-order valence-corrected chi connectivity index (χ0v) is 6.19. The van der Waals surface area contributed by atoms with Crippen molar-refractivity contribution in [2.75, 3.05) is 0 Å². The Hall–Kier alpha value is -1.77. The van der Waals surface area contributed by atoms with E-state index in [1.54, 1.807) is 24.7 Å². The Kier molecular flexibility index (Phi) is 1.55. The molecule has 2 rings (SSSR count). The Morgan fingerprint density at radius 3 is 3.08 bits per heavy atom. The number of hydrogen-bond donors (Lipinski definition) is 0. The van der Waals surface area contributed by atoms with Crippen LogP contribution in [-0.4, -0.2) is 16.3 Å². The second-order valence-electron chi connectivity index (χ2n) is 2.39. The van der Waals surface area contributed by atoms with Gasteiger partial charge in [-0.2, -0.15) is 0 Å². The third-order valence-corrected chi connectivity index (χ3v) is 1.60. The van der Waals surface area contributed by atoms with Crippen molar-refractivity contribution in [3.8, 4) is 0 Å². The summed E-state index contributed by atoms with van der Waals surface area (Å²) in [6.07, 6.45) is 6.59. The number of aromatic nitrogens is 2. The van der Waals surface area contributed by atoms with Crippen LogP contribution < -0.4 is 0 Å². The number of hydrogen-bond acceptors (Lipinski definition) is 3. The van der Waals surface area contributed by atoms with Gasteiger partial charge in [0.05, 0.1) is 11.7 Å². The number of carbonyl (C=O) groups excluding carboxylic acids is 1. The molecule has 0 aliphatic heterocycles. The lowest BCUT2D eigenvalue weighted by Crippen LogP contribution is -1.84. The second-order valence-corrected chi connectivity index (χ2v) is 2.39. The van der Waals surface area contributed by atoms with Gasteiger partial charge in [-0.3, -0.25) is 14.8 Å². The van der Waals surface area contributed by atoms with Gasteiger partial charge in [-0.1, -0.05) is 0 Å². The van der Waals surface area contributed by atoms with Gasteiger partial charge < -0.3 is 0 Å². The standard InChI is InChI=1S/C9H5N2O/c12-6-7-3-8-1-2-10-5-9(8)11-4-7/h1-5H. The maximum absolute atomic E-state index is 10.3. The third kappa shape index (κ3) is 1.05. The van der Waals surface area contributed by atoms with Crippen LogP contribution in [0, 0.1) is 0 Å². The highest BCUT2D eigenvalue weighted by Crippen LogP contribution is 2.09. The van der Waals surface area contributed by atoms with Crippen LogP contribution in [0.1, 0.15) is 5.56 Å². The highest BCUT2D eigenvalue weighted by Gasteiger charge is 1.95. The van der Waals surface area contributed by atoms with Crippen LogP contribution >= 0.6 is 0 Å². The fourth-order valence-electron chi connectivity index (χ4n) is 1.03. The SMILES string of the molecule is O=[C]c1cnc2cnccc2c1. The molecule has 0 spiro atoms. The lowest BCUT2D eigenvalue weighted by Gasteiger charge is -1.94. The van der Waals surface area contributed by atoms with Crippen molar-refractivity contribution >= 4 is 17.2 Å². The van der Waals surface area contributed by atoms with E-state index in [0.29, 0.717) is 5.56 Å². The largest absolute Gasteiger partial charge is 0.285 e. The van der Waals surface area contributed by atoms with Crippen LogP contribution in [-0.2, 0) is 4.79 Å². The molecule has 0 aromatic carbocycles. The fraction of sp³-hybridized carbons (Fsp3) is 0. The lowest BCUT2D eigenvalue weighted by atomic mass is 10.2. The minimum atomic E-state index is 0.466. The van der Waals surface area contributed by atoms with Gasteiger partial charge in [-0.25, -0.2) is 0 Å². The Bertz CT molecular complexity index is 426. The molecule has 0 unspecified atom stereocenters. The maximum Gasteiger partial charge on any atom is 0.235 e. The number of rotatable bonds is 1. The summed E-state index contributed by atoms with van der Waals surface area (Å²) in [5.74, 6) is 0. The molecule has 57 valence electrons. The van der Waals surface area contributed by atoms with Crippen LogP contribution in [0.4, 0.5) is 0 Å². The van der Waals surface area contributed by atoms with Crippen molar-refractivity contribution in [2.24, 2.45) is 0 Å². The number of nitrogens with zero attached hydrogens (tertiary/aromatic N) is 2. The van der Waals surface area contributed by atoms with E-state index in [9.17, 15) is 4.79 Å². The molecule has 0 amide bonds. The summed E-state index contributed by atoms with van der Waals surface area (Å²) in [6, 6.07) is 3.54. The van der Waals surface area contributed by atoms with Crippen LogP contribution in [0.25, 0.3) is 10.9 Å². The molecule has 0 aliphatic carbocycles.